The van der Waals surface area contributed by atoms with Crippen LogP contribution in [0.4, 0.5) is 5.69 Å². The molecule has 0 saturated carbocycles. The molecule has 2 atom stereocenters. The monoisotopic (exact) mass is 422 g/mol. The summed E-state index contributed by atoms with van der Waals surface area (Å²) >= 11 is 0. The van der Waals surface area contributed by atoms with Crippen LogP contribution >= 0.6 is 0 Å². The van der Waals surface area contributed by atoms with Gasteiger partial charge in [-0.2, -0.15) is 0 Å². The summed E-state index contributed by atoms with van der Waals surface area (Å²) in [6.45, 7) is 7.09. The smallest absolute Gasteiger partial charge is 0.270 e. The summed E-state index contributed by atoms with van der Waals surface area (Å²) in [5.41, 5.74) is 3.26. The Labute approximate surface area is 180 Å². The van der Waals surface area contributed by atoms with E-state index in [-0.39, 0.29) is 23.8 Å². The highest BCUT2D eigenvalue weighted by molar-refractivity contribution is 6.07. The molecule has 1 aliphatic heterocycles. The van der Waals surface area contributed by atoms with Crippen molar-refractivity contribution in [2.24, 2.45) is 0 Å². The largest absolute Gasteiger partial charge is 0.373 e. The molecule has 1 saturated heterocycles. The van der Waals surface area contributed by atoms with Gasteiger partial charge < -0.3 is 15.0 Å². The number of benzene rings is 2. The van der Waals surface area contributed by atoms with Gasteiger partial charge in [-0.1, -0.05) is 24.3 Å². The topological polar surface area (TPSA) is 101 Å². The van der Waals surface area contributed by atoms with E-state index in [4.69, 9.17) is 4.74 Å². The van der Waals surface area contributed by atoms with Crippen molar-refractivity contribution in [3.05, 3.63) is 75.5 Å². The SMILES string of the molecule is CC1CN(Cc2ccccc2CNC(=O)c2c[nH]c3ccc([N+](=O)[O-])cc23)CC(C)O1. The number of aromatic amines is 1. The molecule has 162 valence electrons. The molecule has 8 nitrogen and oxygen atoms in total. The van der Waals surface area contributed by atoms with Crippen LogP contribution in [0.15, 0.2) is 48.7 Å². The van der Waals surface area contributed by atoms with Crippen molar-refractivity contribution in [2.75, 3.05) is 13.1 Å². The van der Waals surface area contributed by atoms with Crippen molar-refractivity contribution in [1.29, 1.82) is 0 Å². The molecule has 2 aromatic carbocycles. The van der Waals surface area contributed by atoms with Crippen molar-refractivity contribution in [2.45, 2.75) is 39.1 Å². The number of hydrogen-bond acceptors (Lipinski definition) is 5. The van der Waals surface area contributed by atoms with Crippen LogP contribution in [0.1, 0.15) is 35.3 Å². The van der Waals surface area contributed by atoms with Crippen LogP contribution in [0.2, 0.25) is 0 Å². The molecule has 2 N–H and O–H groups in total. The van der Waals surface area contributed by atoms with Gasteiger partial charge in [0.1, 0.15) is 0 Å². The summed E-state index contributed by atoms with van der Waals surface area (Å²) in [6, 6.07) is 12.5. The Balaban J connectivity index is 1.47. The molecule has 8 heteroatoms. The molecule has 0 bridgehead atoms. The number of nitro benzene ring substituents is 1. The van der Waals surface area contributed by atoms with E-state index in [0.717, 1.165) is 25.2 Å². The van der Waals surface area contributed by atoms with Crippen molar-refractivity contribution in [3.8, 4) is 0 Å². The number of morpholine rings is 1. The van der Waals surface area contributed by atoms with Gasteiger partial charge in [0.05, 0.1) is 22.7 Å². The summed E-state index contributed by atoms with van der Waals surface area (Å²) < 4.78 is 5.82. The van der Waals surface area contributed by atoms with Gasteiger partial charge in [0.2, 0.25) is 0 Å². The number of carbonyl (C=O) groups is 1. The molecule has 4 rings (SSSR count). The molecule has 1 fully saturated rings. The number of non-ortho nitro benzene ring substituents is 1. The van der Waals surface area contributed by atoms with Crippen LogP contribution in [0.25, 0.3) is 10.9 Å². The molecule has 1 amide bonds. The third-order valence-corrected chi connectivity index (χ3v) is 5.57. The Morgan fingerprint density at radius 2 is 1.90 bits per heavy atom. The zero-order valence-electron chi connectivity index (χ0n) is 17.6. The van der Waals surface area contributed by atoms with E-state index in [9.17, 15) is 14.9 Å². The zero-order valence-corrected chi connectivity index (χ0v) is 17.6. The first-order valence-corrected chi connectivity index (χ1v) is 10.4. The molecular formula is C23H26N4O4. The van der Waals surface area contributed by atoms with Gasteiger partial charge in [0.25, 0.3) is 11.6 Å². The Hall–Kier alpha value is -3.23. The lowest BCUT2D eigenvalue weighted by Crippen LogP contribution is -2.45. The highest BCUT2D eigenvalue weighted by atomic mass is 16.6. The highest BCUT2D eigenvalue weighted by Gasteiger charge is 2.23. The molecule has 0 spiro atoms. The maximum Gasteiger partial charge on any atom is 0.270 e. The van der Waals surface area contributed by atoms with E-state index in [1.54, 1.807) is 12.3 Å². The zero-order chi connectivity index (χ0) is 22.0. The second kappa shape index (κ2) is 8.87. The van der Waals surface area contributed by atoms with E-state index >= 15 is 0 Å². The number of hydrogen-bond donors (Lipinski definition) is 2. The van der Waals surface area contributed by atoms with E-state index in [2.05, 4.69) is 35.1 Å². The maximum atomic E-state index is 12.8. The average molecular weight is 422 g/mol. The lowest BCUT2D eigenvalue weighted by molar-refractivity contribution is -0.384. The number of amides is 1. The van der Waals surface area contributed by atoms with Gasteiger partial charge in [-0.3, -0.25) is 19.8 Å². The van der Waals surface area contributed by atoms with Gasteiger partial charge in [0.15, 0.2) is 0 Å². The predicted molar refractivity (Wildman–Crippen MR) is 118 cm³/mol. The normalized spacial score (nSPS) is 19.4. The number of carbonyl (C=O) groups excluding carboxylic acids is 1. The molecule has 2 unspecified atom stereocenters. The first kappa shape index (κ1) is 21.0. The van der Waals surface area contributed by atoms with Gasteiger partial charge in [-0.15, -0.1) is 0 Å². The van der Waals surface area contributed by atoms with Crippen molar-refractivity contribution in [3.63, 3.8) is 0 Å². The third-order valence-electron chi connectivity index (χ3n) is 5.57. The lowest BCUT2D eigenvalue weighted by atomic mass is 10.1. The van der Waals surface area contributed by atoms with Crippen LogP contribution in [-0.4, -0.2) is 46.0 Å². The lowest BCUT2D eigenvalue weighted by Gasteiger charge is -2.35. The van der Waals surface area contributed by atoms with Crippen LogP contribution in [0, 0.1) is 10.1 Å². The van der Waals surface area contributed by atoms with Crippen LogP contribution < -0.4 is 5.32 Å². The Morgan fingerprint density at radius 3 is 2.61 bits per heavy atom. The number of H-pyrrole nitrogens is 1. The van der Waals surface area contributed by atoms with Gasteiger partial charge >= 0.3 is 0 Å². The van der Waals surface area contributed by atoms with Crippen molar-refractivity contribution < 1.29 is 14.5 Å². The second-order valence-electron chi connectivity index (χ2n) is 8.09. The van der Waals surface area contributed by atoms with Crippen molar-refractivity contribution in [1.82, 2.24) is 15.2 Å². The minimum Gasteiger partial charge on any atom is -0.373 e. The summed E-state index contributed by atoms with van der Waals surface area (Å²) in [6.07, 6.45) is 1.98. The summed E-state index contributed by atoms with van der Waals surface area (Å²) in [5.74, 6) is -0.268. The molecule has 3 aromatic rings. The fourth-order valence-corrected chi connectivity index (χ4v) is 4.22. The first-order chi connectivity index (χ1) is 14.9. The van der Waals surface area contributed by atoms with Gasteiger partial charge in [-0.25, -0.2) is 0 Å². The molecule has 31 heavy (non-hydrogen) atoms. The Bertz CT molecular complexity index is 1100. The van der Waals surface area contributed by atoms with Gasteiger partial charge in [-0.05, 0) is 31.0 Å². The summed E-state index contributed by atoms with van der Waals surface area (Å²) in [4.78, 5) is 28.8. The number of nitro groups is 1. The molecule has 0 aliphatic carbocycles. The van der Waals surface area contributed by atoms with Crippen LogP contribution in [0.5, 0.6) is 0 Å². The molecular weight excluding hydrogens is 396 g/mol. The van der Waals surface area contributed by atoms with Crippen molar-refractivity contribution >= 4 is 22.5 Å². The molecule has 1 aliphatic rings. The molecule has 2 heterocycles. The number of rotatable bonds is 6. The number of nitrogens with one attached hydrogen (secondary N) is 2. The fourth-order valence-electron chi connectivity index (χ4n) is 4.22. The highest BCUT2D eigenvalue weighted by Crippen LogP contribution is 2.24. The number of ether oxygens (including phenoxy) is 1. The van der Waals surface area contributed by atoms with E-state index < -0.39 is 4.92 Å². The third kappa shape index (κ3) is 4.76. The standard InChI is InChI=1S/C23H26N4O4/c1-15-12-26(13-16(2)31-15)14-18-6-4-3-5-17(18)10-25-23(28)21-11-24-22-8-7-19(27(29)30)9-20(21)22/h3-9,11,15-16,24H,10,12-14H2,1-2H3,(H,25,28). The number of nitrogens with zero attached hydrogens (tertiary/aromatic N) is 2. The van der Waals surface area contributed by atoms with Gasteiger partial charge in [0, 0.05) is 55.4 Å². The van der Waals surface area contributed by atoms with E-state index in [1.165, 1.54) is 17.7 Å². The average Bonchev–Trinajstić information content (AvgIpc) is 3.15. The van der Waals surface area contributed by atoms with E-state index in [1.807, 2.05) is 18.2 Å². The molecule has 0 radical (unpaired) electrons. The fraction of sp³-hybridized carbons (Fsp3) is 0.348. The minimum absolute atomic E-state index is 0.0412. The van der Waals surface area contributed by atoms with Crippen LogP contribution in [0.3, 0.4) is 0 Å². The quantitative estimate of drug-likeness (QED) is 0.467. The molecule has 1 aromatic heterocycles. The number of aromatic nitrogens is 1. The Morgan fingerprint density at radius 1 is 1.19 bits per heavy atom. The van der Waals surface area contributed by atoms with Crippen LogP contribution in [-0.2, 0) is 17.8 Å². The Kier molecular flexibility index (Phi) is 6.01. The second-order valence-corrected chi connectivity index (χ2v) is 8.09. The predicted octanol–water partition coefficient (Wildman–Crippen LogP) is 3.62. The number of fused-ring (bicyclic) bond motifs is 1. The first-order valence-electron chi connectivity index (χ1n) is 10.4. The summed E-state index contributed by atoms with van der Waals surface area (Å²) in [7, 11) is 0. The minimum atomic E-state index is -0.461. The summed E-state index contributed by atoms with van der Waals surface area (Å²) in [5, 5.41) is 14.6. The maximum absolute atomic E-state index is 12.8. The van der Waals surface area contributed by atoms with E-state index in [0.29, 0.717) is 23.0 Å².